The number of aromatic nitrogens is 3. The summed E-state index contributed by atoms with van der Waals surface area (Å²) >= 11 is 1.39. The molecule has 0 bridgehead atoms. The van der Waals surface area contributed by atoms with Crippen LogP contribution in [0.5, 0.6) is 0 Å². The predicted molar refractivity (Wildman–Crippen MR) is 97.9 cm³/mol. The third-order valence-corrected chi connectivity index (χ3v) is 5.45. The molecule has 0 radical (unpaired) electrons. The van der Waals surface area contributed by atoms with Gasteiger partial charge in [-0.25, -0.2) is 0 Å². The van der Waals surface area contributed by atoms with Crippen LogP contribution >= 0.6 is 11.3 Å². The Kier molecular flexibility index (Phi) is 4.67. The number of amides is 1. The van der Waals surface area contributed by atoms with Crippen molar-refractivity contribution >= 4 is 22.4 Å². The molecule has 0 atom stereocenters. The Bertz CT molecular complexity index is 884. The molecule has 0 fully saturated rings. The molecule has 0 unspecified atom stereocenters. The third kappa shape index (κ3) is 3.46. The lowest BCUT2D eigenvalue weighted by molar-refractivity contribution is 0.102. The van der Waals surface area contributed by atoms with Crippen molar-refractivity contribution in [1.29, 1.82) is 0 Å². The van der Waals surface area contributed by atoms with E-state index in [2.05, 4.69) is 41.4 Å². The molecular formula is C18H20N4O2S. The van der Waals surface area contributed by atoms with Gasteiger partial charge in [0.1, 0.15) is 22.0 Å². The van der Waals surface area contributed by atoms with E-state index in [0.29, 0.717) is 22.1 Å². The summed E-state index contributed by atoms with van der Waals surface area (Å²) < 4.78 is 5.24. The van der Waals surface area contributed by atoms with Gasteiger partial charge >= 0.3 is 0 Å². The molecule has 0 aliphatic carbocycles. The highest BCUT2D eigenvalue weighted by molar-refractivity contribution is 7.15. The summed E-state index contributed by atoms with van der Waals surface area (Å²) in [6.45, 7) is 8.04. The first-order valence-electron chi connectivity index (χ1n) is 8.09. The molecule has 1 N–H and O–H groups in total. The molecule has 25 heavy (non-hydrogen) atoms. The quantitative estimate of drug-likeness (QED) is 0.731. The maximum absolute atomic E-state index is 12.7. The first kappa shape index (κ1) is 17.3. The van der Waals surface area contributed by atoms with E-state index >= 15 is 0 Å². The maximum atomic E-state index is 12.7. The SMILES string of the molecule is CCC(C)(C)c1nnc(NC(=O)c2c(-c3ccccc3)noc2C)s1. The fraction of sp³-hybridized carbons (Fsp3) is 0.333. The van der Waals surface area contributed by atoms with Gasteiger partial charge in [-0.05, 0) is 13.3 Å². The van der Waals surface area contributed by atoms with Gasteiger partial charge in [0.15, 0.2) is 0 Å². The van der Waals surface area contributed by atoms with E-state index in [1.165, 1.54) is 11.3 Å². The van der Waals surface area contributed by atoms with Gasteiger partial charge in [0, 0.05) is 11.0 Å². The normalized spacial score (nSPS) is 11.5. The van der Waals surface area contributed by atoms with Crippen molar-refractivity contribution in [3.8, 4) is 11.3 Å². The largest absolute Gasteiger partial charge is 0.360 e. The van der Waals surface area contributed by atoms with E-state index in [1.807, 2.05) is 30.3 Å². The molecule has 0 aliphatic rings. The van der Waals surface area contributed by atoms with Crippen molar-refractivity contribution in [3.05, 3.63) is 46.7 Å². The summed E-state index contributed by atoms with van der Waals surface area (Å²) in [5.74, 6) is 0.171. The van der Waals surface area contributed by atoms with Crippen LogP contribution in [-0.4, -0.2) is 21.3 Å². The smallest absolute Gasteiger partial charge is 0.263 e. The van der Waals surface area contributed by atoms with Crippen LogP contribution in [0.3, 0.4) is 0 Å². The maximum Gasteiger partial charge on any atom is 0.263 e. The van der Waals surface area contributed by atoms with Crippen LogP contribution in [0.4, 0.5) is 5.13 Å². The number of hydrogen-bond acceptors (Lipinski definition) is 6. The standard InChI is InChI=1S/C18H20N4O2S/c1-5-18(3,4)16-20-21-17(25-16)19-15(23)13-11(2)24-22-14(13)12-9-7-6-8-10-12/h6-10H,5H2,1-4H3,(H,19,21,23). The Morgan fingerprint density at radius 3 is 2.64 bits per heavy atom. The zero-order chi connectivity index (χ0) is 18.0. The van der Waals surface area contributed by atoms with E-state index in [-0.39, 0.29) is 11.3 Å². The average molecular weight is 356 g/mol. The number of benzene rings is 1. The highest BCUT2D eigenvalue weighted by Gasteiger charge is 2.26. The Morgan fingerprint density at radius 1 is 1.24 bits per heavy atom. The van der Waals surface area contributed by atoms with E-state index in [9.17, 15) is 4.79 Å². The summed E-state index contributed by atoms with van der Waals surface area (Å²) in [5.41, 5.74) is 1.70. The van der Waals surface area contributed by atoms with E-state index in [1.54, 1.807) is 6.92 Å². The van der Waals surface area contributed by atoms with Gasteiger partial charge in [0.25, 0.3) is 5.91 Å². The van der Waals surface area contributed by atoms with Gasteiger partial charge in [0.2, 0.25) is 5.13 Å². The number of nitrogens with one attached hydrogen (secondary N) is 1. The molecule has 7 heteroatoms. The van der Waals surface area contributed by atoms with Crippen molar-refractivity contribution < 1.29 is 9.32 Å². The first-order chi connectivity index (χ1) is 11.9. The third-order valence-electron chi connectivity index (χ3n) is 4.25. The lowest BCUT2D eigenvalue weighted by Gasteiger charge is -2.17. The van der Waals surface area contributed by atoms with Gasteiger partial charge in [-0.1, -0.05) is 67.6 Å². The van der Waals surface area contributed by atoms with Gasteiger partial charge in [-0.3, -0.25) is 10.1 Å². The van der Waals surface area contributed by atoms with Crippen LogP contribution < -0.4 is 5.32 Å². The number of nitrogens with zero attached hydrogens (tertiary/aromatic N) is 3. The summed E-state index contributed by atoms with van der Waals surface area (Å²) in [5, 5.41) is 16.5. The van der Waals surface area contributed by atoms with Gasteiger partial charge < -0.3 is 4.52 Å². The summed E-state index contributed by atoms with van der Waals surface area (Å²) in [6.07, 6.45) is 0.943. The van der Waals surface area contributed by atoms with Crippen molar-refractivity contribution in [3.63, 3.8) is 0 Å². The van der Waals surface area contributed by atoms with Crippen molar-refractivity contribution in [2.75, 3.05) is 5.32 Å². The minimum atomic E-state index is -0.297. The van der Waals surface area contributed by atoms with Crippen molar-refractivity contribution in [2.24, 2.45) is 0 Å². The number of anilines is 1. The van der Waals surface area contributed by atoms with Gasteiger partial charge in [-0.15, -0.1) is 10.2 Å². The number of carbonyl (C=O) groups excluding carboxylic acids is 1. The van der Waals surface area contributed by atoms with Crippen LogP contribution in [0.15, 0.2) is 34.9 Å². The van der Waals surface area contributed by atoms with Gasteiger partial charge in [0.05, 0.1) is 0 Å². The molecule has 2 heterocycles. The molecule has 1 amide bonds. The molecule has 2 aromatic heterocycles. The number of rotatable bonds is 5. The fourth-order valence-corrected chi connectivity index (χ4v) is 3.20. The molecule has 3 aromatic rings. The Labute approximate surface area is 150 Å². The van der Waals surface area contributed by atoms with E-state index in [0.717, 1.165) is 17.0 Å². The van der Waals surface area contributed by atoms with E-state index < -0.39 is 0 Å². The second-order valence-corrected chi connectivity index (χ2v) is 7.41. The molecule has 0 saturated heterocycles. The monoisotopic (exact) mass is 356 g/mol. The topological polar surface area (TPSA) is 80.9 Å². The molecule has 0 aliphatic heterocycles. The molecule has 0 spiro atoms. The van der Waals surface area contributed by atoms with Crippen LogP contribution in [0.2, 0.25) is 0 Å². The number of carbonyl (C=O) groups is 1. The highest BCUT2D eigenvalue weighted by atomic mass is 32.1. The Hall–Kier alpha value is -2.54. The molecule has 3 rings (SSSR count). The minimum Gasteiger partial charge on any atom is -0.360 e. The number of hydrogen-bond donors (Lipinski definition) is 1. The van der Waals surface area contributed by atoms with Crippen LogP contribution in [0.1, 0.15) is 48.3 Å². The Morgan fingerprint density at radius 2 is 1.96 bits per heavy atom. The predicted octanol–water partition coefficient (Wildman–Crippen LogP) is 4.44. The fourth-order valence-electron chi connectivity index (χ4n) is 2.29. The second-order valence-electron chi connectivity index (χ2n) is 6.43. The lowest BCUT2D eigenvalue weighted by Crippen LogP contribution is -2.14. The minimum absolute atomic E-state index is 0.0665. The van der Waals surface area contributed by atoms with Gasteiger partial charge in [-0.2, -0.15) is 0 Å². The number of aryl methyl sites for hydroxylation is 1. The second kappa shape index (κ2) is 6.76. The van der Waals surface area contributed by atoms with E-state index in [4.69, 9.17) is 4.52 Å². The van der Waals surface area contributed by atoms with Crippen molar-refractivity contribution in [1.82, 2.24) is 15.4 Å². The lowest BCUT2D eigenvalue weighted by atomic mass is 9.91. The average Bonchev–Trinajstić information content (AvgIpc) is 3.22. The molecule has 130 valence electrons. The zero-order valence-electron chi connectivity index (χ0n) is 14.7. The molecular weight excluding hydrogens is 336 g/mol. The zero-order valence-corrected chi connectivity index (χ0v) is 15.5. The van der Waals surface area contributed by atoms with Crippen LogP contribution in [0.25, 0.3) is 11.3 Å². The van der Waals surface area contributed by atoms with Crippen molar-refractivity contribution in [2.45, 2.75) is 39.5 Å². The summed E-state index contributed by atoms with van der Waals surface area (Å²) in [4.78, 5) is 12.7. The molecule has 6 nitrogen and oxygen atoms in total. The summed E-state index contributed by atoms with van der Waals surface area (Å²) in [7, 11) is 0. The van der Waals surface area contributed by atoms with Crippen LogP contribution in [0, 0.1) is 6.92 Å². The highest BCUT2D eigenvalue weighted by Crippen LogP contribution is 2.32. The first-order valence-corrected chi connectivity index (χ1v) is 8.91. The molecule has 1 aromatic carbocycles. The Balaban J connectivity index is 1.87. The summed E-state index contributed by atoms with van der Waals surface area (Å²) in [6, 6.07) is 9.48. The van der Waals surface area contributed by atoms with Crippen LogP contribution in [-0.2, 0) is 5.41 Å². The molecule has 0 saturated carbocycles.